The molecule has 1 aromatic rings. The van der Waals surface area contributed by atoms with Crippen molar-refractivity contribution >= 4 is 17.8 Å². The maximum atomic E-state index is 11.9. The van der Waals surface area contributed by atoms with Gasteiger partial charge in [-0.1, -0.05) is 6.92 Å². The Labute approximate surface area is 147 Å². The van der Waals surface area contributed by atoms with Gasteiger partial charge in [0.25, 0.3) is 0 Å². The van der Waals surface area contributed by atoms with Crippen molar-refractivity contribution in [2.24, 2.45) is 5.92 Å². The van der Waals surface area contributed by atoms with Crippen molar-refractivity contribution in [3.63, 3.8) is 0 Å². The van der Waals surface area contributed by atoms with E-state index in [2.05, 4.69) is 16.0 Å². The SMILES string of the molecule is CCCNC(=O)C1CCN(CC(=O)NC(=O)NCc2ccco2)CC1. The van der Waals surface area contributed by atoms with Crippen molar-refractivity contribution in [3.8, 4) is 0 Å². The number of carbonyl (C=O) groups is 3. The van der Waals surface area contributed by atoms with Crippen LogP contribution in [-0.4, -0.2) is 48.9 Å². The smallest absolute Gasteiger partial charge is 0.321 e. The van der Waals surface area contributed by atoms with Gasteiger partial charge in [-0.2, -0.15) is 0 Å². The molecule has 2 heterocycles. The molecule has 1 aliphatic rings. The van der Waals surface area contributed by atoms with Crippen LogP contribution < -0.4 is 16.0 Å². The van der Waals surface area contributed by atoms with Gasteiger partial charge in [-0.25, -0.2) is 4.79 Å². The van der Waals surface area contributed by atoms with Gasteiger partial charge in [0.05, 0.1) is 19.4 Å². The Morgan fingerprint density at radius 1 is 1.24 bits per heavy atom. The predicted molar refractivity (Wildman–Crippen MR) is 91.6 cm³/mol. The van der Waals surface area contributed by atoms with E-state index in [9.17, 15) is 14.4 Å². The van der Waals surface area contributed by atoms with Gasteiger partial charge in [0.15, 0.2) is 0 Å². The first-order valence-corrected chi connectivity index (χ1v) is 8.68. The number of nitrogens with one attached hydrogen (secondary N) is 3. The number of urea groups is 1. The Hall–Kier alpha value is -2.35. The van der Waals surface area contributed by atoms with Crippen LogP contribution in [-0.2, 0) is 16.1 Å². The summed E-state index contributed by atoms with van der Waals surface area (Å²) in [6, 6.07) is 2.92. The topological polar surface area (TPSA) is 104 Å². The van der Waals surface area contributed by atoms with E-state index in [1.807, 2.05) is 11.8 Å². The fraction of sp³-hybridized carbons (Fsp3) is 0.588. The molecule has 0 aromatic carbocycles. The number of furan rings is 1. The largest absolute Gasteiger partial charge is 0.467 e. The number of piperidine rings is 1. The Morgan fingerprint density at radius 2 is 2.00 bits per heavy atom. The maximum Gasteiger partial charge on any atom is 0.321 e. The van der Waals surface area contributed by atoms with E-state index >= 15 is 0 Å². The normalized spacial score (nSPS) is 15.6. The van der Waals surface area contributed by atoms with E-state index in [1.54, 1.807) is 12.1 Å². The van der Waals surface area contributed by atoms with Crippen molar-refractivity contribution in [2.75, 3.05) is 26.2 Å². The summed E-state index contributed by atoms with van der Waals surface area (Å²) >= 11 is 0. The van der Waals surface area contributed by atoms with E-state index in [1.165, 1.54) is 6.26 Å². The van der Waals surface area contributed by atoms with E-state index in [4.69, 9.17) is 4.42 Å². The van der Waals surface area contributed by atoms with E-state index < -0.39 is 6.03 Å². The minimum absolute atomic E-state index is 0.0162. The first kappa shape index (κ1) is 19.0. The summed E-state index contributed by atoms with van der Waals surface area (Å²) in [6.45, 7) is 4.44. The zero-order valence-corrected chi connectivity index (χ0v) is 14.5. The third-order valence-electron chi connectivity index (χ3n) is 4.13. The van der Waals surface area contributed by atoms with Crippen molar-refractivity contribution in [1.82, 2.24) is 20.9 Å². The summed E-state index contributed by atoms with van der Waals surface area (Å²) in [5.74, 6) is 0.377. The number of amides is 4. The standard InChI is InChI=1S/C17H26N4O4/c1-2-7-18-16(23)13-5-8-21(9-6-13)12-15(22)20-17(24)19-11-14-4-3-10-25-14/h3-4,10,13H,2,5-9,11-12H2,1H3,(H,18,23)(H2,19,20,22,24). The lowest BCUT2D eigenvalue weighted by Gasteiger charge is -2.30. The molecule has 0 atom stereocenters. The summed E-state index contributed by atoms with van der Waals surface area (Å²) in [5.41, 5.74) is 0. The van der Waals surface area contributed by atoms with Crippen molar-refractivity contribution in [2.45, 2.75) is 32.7 Å². The fourth-order valence-electron chi connectivity index (χ4n) is 2.74. The average molecular weight is 350 g/mol. The maximum absolute atomic E-state index is 11.9. The molecule has 0 saturated carbocycles. The third-order valence-corrected chi connectivity index (χ3v) is 4.13. The molecule has 4 amide bonds. The fourth-order valence-corrected chi connectivity index (χ4v) is 2.74. The second-order valence-corrected chi connectivity index (χ2v) is 6.15. The first-order valence-electron chi connectivity index (χ1n) is 8.68. The highest BCUT2D eigenvalue weighted by atomic mass is 16.3. The third kappa shape index (κ3) is 6.58. The zero-order chi connectivity index (χ0) is 18.1. The number of rotatable bonds is 7. The summed E-state index contributed by atoms with van der Waals surface area (Å²) in [5, 5.41) is 7.77. The average Bonchev–Trinajstić information content (AvgIpc) is 3.12. The second kappa shape index (κ2) is 9.83. The summed E-state index contributed by atoms with van der Waals surface area (Å²) in [6.07, 6.45) is 3.90. The first-order chi connectivity index (χ1) is 12.1. The molecule has 138 valence electrons. The molecule has 0 bridgehead atoms. The quantitative estimate of drug-likeness (QED) is 0.676. The van der Waals surface area contributed by atoms with Crippen molar-refractivity contribution in [3.05, 3.63) is 24.2 Å². The number of hydrogen-bond acceptors (Lipinski definition) is 5. The van der Waals surface area contributed by atoms with E-state index in [0.29, 0.717) is 25.4 Å². The van der Waals surface area contributed by atoms with E-state index in [-0.39, 0.29) is 30.8 Å². The molecule has 3 N–H and O–H groups in total. The minimum atomic E-state index is -0.546. The molecule has 25 heavy (non-hydrogen) atoms. The van der Waals surface area contributed by atoms with Crippen LogP contribution in [0.2, 0.25) is 0 Å². The molecule has 1 saturated heterocycles. The molecule has 0 radical (unpaired) electrons. The van der Waals surface area contributed by atoms with Crippen LogP contribution in [0.25, 0.3) is 0 Å². The lowest BCUT2D eigenvalue weighted by atomic mass is 9.96. The second-order valence-electron chi connectivity index (χ2n) is 6.15. The van der Waals surface area contributed by atoms with Gasteiger partial charge in [0, 0.05) is 12.5 Å². The molecule has 1 aliphatic heterocycles. The Morgan fingerprint density at radius 3 is 2.64 bits per heavy atom. The number of likely N-dealkylation sites (tertiary alicyclic amines) is 1. The molecular weight excluding hydrogens is 324 g/mol. The summed E-state index contributed by atoms with van der Waals surface area (Å²) in [4.78, 5) is 37.5. The van der Waals surface area contributed by atoms with Gasteiger partial charge in [-0.15, -0.1) is 0 Å². The van der Waals surface area contributed by atoms with Crippen molar-refractivity contribution in [1.29, 1.82) is 0 Å². The molecule has 1 aromatic heterocycles. The van der Waals surface area contributed by atoms with Gasteiger partial charge in [-0.05, 0) is 44.5 Å². The van der Waals surface area contributed by atoms with Gasteiger partial charge in [0.2, 0.25) is 11.8 Å². The zero-order valence-electron chi connectivity index (χ0n) is 14.5. The van der Waals surface area contributed by atoms with Gasteiger partial charge < -0.3 is 15.1 Å². The highest BCUT2D eigenvalue weighted by Gasteiger charge is 2.25. The van der Waals surface area contributed by atoms with Crippen LogP contribution in [0.4, 0.5) is 4.79 Å². The van der Waals surface area contributed by atoms with Gasteiger partial charge in [-0.3, -0.25) is 19.8 Å². The molecule has 0 aliphatic carbocycles. The minimum Gasteiger partial charge on any atom is -0.467 e. The number of hydrogen-bond donors (Lipinski definition) is 3. The molecule has 1 fully saturated rings. The van der Waals surface area contributed by atoms with E-state index in [0.717, 1.165) is 19.3 Å². The van der Waals surface area contributed by atoms with Crippen LogP contribution in [0.15, 0.2) is 22.8 Å². The number of imide groups is 1. The summed E-state index contributed by atoms with van der Waals surface area (Å²) in [7, 11) is 0. The molecule has 0 unspecified atom stereocenters. The molecular formula is C17H26N4O4. The Bertz CT molecular complexity index is 565. The molecule has 8 heteroatoms. The number of carbonyl (C=O) groups excluding carboxylic acids is 3. The predicted octanol–water partition coefficient (Wildman–Crippen LogP) is 0.844. The van der Waals surface area contributed by atoms with Gasteiger partial charge >= 0.3 is 6.03 Å². The molecule has 0 spiro atoms. The highest BCUT2D eigenvalue weighted by molar-refractivity contribution is 5.95. The Kier molecular flexibility index (Phi) is 7.46. The summed E-state index contributed by atoms with van der Waals surface area (Å²) < 4.78 is 5.10. The van der Waals surface area contributed by atoms with Crippen LogP contribution in [0, 0.1) is 5.92 Å². The molecule has 2 rings (SSSR count). The van der Waals surface area contributed by atoms with Crippen molar-refractivity contribution < 1.29 is 18.8 Å². The van der Waals surface area contributed by atoms with Crippen LogP contribution in [0.5, 0.6) is 0 Å². The molecule has 8 nitrogen and oxygen atoms in total. The monoisotopic (exact) mass is 350 g/mol. The highest BCUT2D eigenvalue weighted by Crippen LogP contribution is 2.16. The lowest BCUT2D eigenvalue weighted by Crippen LogP contribution is -2.47. The Balaban J connectivity index is 1.63. The van der Waals surface area contributed by atoms with Crippen LogP contribution in [0.3, 0.4) is 0 Å². The van der Waals surface area contributed by atoms with Crippen LogP contribution in [0.1, 0.15) is 31.9 Å². The van der Waals surface area contributed by atoms with Crippen LogP contribution >= 0.6 is 0 Å². The van der Waals surface area contributed by atoms with Gasteiger partial charge in [0.1, 0.15) is 5.76 Å². The number of nitrogens with zero attached hydrogens (tertiary/aromatic N) is 1. The lowest BCUT2D eigenvalue weighted by molar-refractivity contribution is -0.126.